The van der Waals surface area contributed by atoms with Crippen LogP contribution in [-0.2, 0) is 15.3 Å². The van der Waals surface area contributed by atoms with Crippen LogP contribution in [-0.4, -0.2) is 21.8 Å². The monoisotopic (exact) mass is 440 g/mol. The fraction of sp³-hybridized carbons (Fsp3) is 0.143. The molecule has 1 aliphatic rings. The summed E-state index contributed by atoms with van der Waals surface area (Å²) in [7, 11) is 0. The Morgan fingerprint density at radius 3 is 2.63 bits per heavy atom. The summed E-state index contributed by atoms with van der Waals surface area (Å²) >= 11 is 7.45. The highest BCUT2D eigenvalue weighted by molar-refractivity contribution is 7.98. The first-order valence-corrected chi connectivity index (χ1v) is 10.5. The molecule has 2 amide bonds. The molecule has 2 heterocycles. The van der Waals surface area contributed by atoms with Gasteiger partial charge in [0.05, 0.1) is 11.5 Å². The van der Waals surface area contributed by atoms with Crippen molar-refractivity contribution in [3.63, 3.8) is 0 Å². The van der Waals surface area contributed by atoms with Gasteiger partial charge in [-0.2, -0.15) is 0 Å². The van der Waals surface area contributed by atoms with E-state index in [9.17, 15) is 14.4 Å². The van der Waals surface area contributed by atoms with Crippen LogP contribution < -0.4 is 16.2 Å². The van der Waals surface area contributed by atoms with Gasteiger partial charge in [0.2, 0.25) is 11.8 Å². The first-order chi connectivity index (χ1) is 14.5. The maximum Gasteiger partial charge on any atom is 0.257 e. The minimum absolute atomic E-state index is 0.116. The van der Waals surface area contributed by atoms with Crippen molar-refractivity contribution in [3.8, 4) is 0 Å². The summed E-state index contributed by atoms with van der Waals surface area (Å²) < 4.78 is 0. The van der Waals surface area contributed by atoms with Crippen LogP contribution >= 0.6 is 23.4 Å². The molecule has 9 heteroatoms. The molecule has 0 saturated heterocycles. The van der Waals surface area contributed by atoms with Gasteiger partial charge in [-0.15, -0.1) is 0 Å². The second kappa shape index (κ2) is 8.73. The van der Waals surface area contributed by atoms with E-state index in [2.05, 4.69) is 20.6 Å². The van der Waals surface area contributed by atoms with Gasteiger partial charge in [-0.3, -0.25) is 14.4 Å². The number of H-pyrrole nitrogens is 1. The maximum absolute atomic E-state index is 12.8. The maximum atomic E-state index is 12.8. The van der Waals surface area contributed by atoms with E-state index in [4.69, 9.17) is 11.6 Å². The van der Waals surface area contributed by atoms with E-state index < -0.39 is 17.4 Å². The molecule has 3 N–H and O–H groups in total. The fourth-order valence-electron chi connectivity index (χ4n) is 3.16. The zero-order valence-corrected chi connectivity index (χ0v) is 17.2. The van der Waals surface area contributed by atoms with Crippen LogP contribution in [0, 0.1) is 0 Å². The number of nitrogens with zero attached hydrogens (tertiary/aromatic N) is 1. The first-order valence-electron chi connectivity index (χ1n) is 9.17. The number of aromatic amines is 1. The number of thioether (sulfide) groups is 1. The number of hydrogen-bond donors (Lipinski definition) is 3. The summed E-state index contributed by atoms with van der Waals surface area (Å²) in [5.74, 6) is -1.11. The molecule has 1 atom stereocenters. The van der Waals surface area contributed by atoms with Gasteiger partial charge in [-0.1, -0.05) is 59.8 Å². The number of hydrogen-bond acceptors (Lipinski definition) is 5. The van der Waals surface area contributed by atoms with Crippen molar-refractivity contribution in [3.05, 3.63) is 81.1 Å². The van der Waals surface area contributed by atoms with E-state index >= 15 is 0 Å². The van der Waals surface area contributed by atoms with Gasteiger partial charge in [-0.05, 0) is 23.8 Å². The molecule has 0 fully saturated rings. The number of para-hydroxylation sites is 1. The van der Waals surface area contributed by atoms with Gasteiger partial charge >= 0.3 is 0 Å². The molecule has 7 nitrogen and oxygen atoms in total. The van der Waals surface area contributed by atoms with Gasteiger partial charge < -0.3 is 15.6 Å². The third-order valence-electron chi connectivity index (χ3n) is 4.61. The van der Waals surface area contributed by atoms with E-state index in [1.165, 1.54) is 11.8 Å². The van der Waals surface area contributed by atoms with Crippen LogP contribution in [0.3, 0.4) is 0 Å². The molecule has 0 bridgehead atoms. The van der Waals surface area contributed by atoms with Crippen molar-refractivity contribution < 1.29 is 9.59 Å². The summed E-state index contributed by atoms with van der Waals surface area (Å²) in [6.07, 6.45) is -0.122. The second-order valence-corrected chi connectivity index (χ2v) is 8.04. The SMILES string of the molecule is O=C1C[C@@H](C(=O)Nc2ccccc2)c2c(nc(SCc3ccccc3Cl)[nH]c2=O)N1. The van der Waals surface area contributed by atoms with Gasteiger partial charge in [0.25, 0.3) is 5.56 Å². The summed E-state index contributed by atoms with van der Waals surface area (Å²) in [6, 6.07) is 16.3. The smallest absolute Gasteiger partial charge is 0.257 e. The summed E-state index contributed by atoms with van der Waals surface area (Å²) in [6.45, 7) is 0. The van der Waals surface area contributed by atoms with Gasteiger partial charge in [-0.25, -0.2) is 4.98 Å². The highest BCUT2D eigenvalue weighted by Crippen LogP contribution is 2.31. The predicted molar refractivity (Wildman–Crippen MR) is 117 cm³/mol. The molecular weight excluding hydrogens is 424 g/mol. The average molecular weight is 441 g/mol. The molecule has 152 valence electrons. The van der Waals surface area contributed by atoms with Crippen LogP contribution in [0.4, 0.5) is 11.5 Å². The summed E-state index contributed by atoms with van der Waals surface area (Å²) in [5.41, 5.74) is 1.19. The minimum Gasteiger partial charge on any atom is -0.326 e. The Hall–Kier alpha value is -3.10. The molecule has 30 heavy (non-hydrogen) atoms. The summed E-state index contributed by atoms with van der Waals surface area (Å²) in [5, 5.41) is 6.32. The molecule has 1 aliphatic heterocycles. The Morgan fingerprint density at radius 2 is 1.87 bits per heavy atom. The van der Waals surface area contributed by atoms with Crippen molar-refractivity contribution >= 4 is 46.7 Å². The molecule has 0 unspecified atom stereocenters. The number of halogens is 1. The molecule has 2 aromatic carbocycles. The molecule has 0 radical (unpaired) electrons. The van der Waals surface area contributed by atoms with Crippen LogP contribution in [0.2, 0.25) is 5.02 Å². The highest BCUT2D eigenvalue weighted by Gasteiger charge is 2.34. The number of nitrogens with one attached hydrogen (secondary N) is 3. The van der Waals surface area contributed by atoms with Crippen molar-refractivity contribution in [1.82, 2.24) is 9.97 Å². The van der Waals surface area contributed by atoms with Crippen LogP contribution in [0.25, 0.3) is 0 Å². The van der Waals surface area contributed by atoms with Crippen molar-refractivity contribution in [2.75, 3.05) is 10.6 Å². The summed E-state index contributed by atoms with van der Waals surface area (Å²) in [4.78, 5) is 44.8. The Balaban J connectivity index is 1.59. The lowest BCUT2D eigenvalue weighted by Gasteiger charge is -2.23. The number of carbonyl (C=O) groups is 2. The third-order valence-corrected chi connectivity index (χ3v) is 5.90. The lowest BCUT2D eigenvalue weighted by Crippen LogP contribution is -2.36. The Bertz CT molecular complexity index is 1170. The lowest BCUT2D eigenvalue weighted by atomic mass is 9.92. The van der Waals surface area contributed by atoms with Crippen LogP contribution in [0.1, 0.15) is 23.5 Å². The second-order valence-electron chi connectivity index (χ2n) is 6.67. The van der Waals surface area contributed by atoms with Crippen LogP contribution in [0.5, 0.6) is 0 Å². The molecule has 4 rings (SSSR count). The number of carbonyl (C=O) groups excluding carboxylic acids is 2. The number of aromatic nitrogens is 2. The number of fused-ring (bicyclic) bond motifs is 1. The van der Waals surface area contributed by atoms with Gasteiger partial charge in [0.15, 0.2) is 5.16 Å². The molecule has 3 aromatic rings. The van der Waals surface area contributed by atoms with Gasteiger partial charge in [0, 0.05) is 22.9 Å². The molecule has 0 saturated carbocycles. The number of amides is 2. The van der Waals surface area contributed by atoms with E-state index in [1.807, 2.05) is 24.3 Å². The normalized spacial score (nSPS) is 15.2. The molecular formula is C21H17ClN4O3S. The largest absolute Gasteiger partial charge is 0.326 e. The first kappa shape index (κ1) is 20.2. The third kappa shape index (κ3) is 4.39. The van der Waals surface area contributed by atoms with Crippen molar-refractivity contribution in [2.24, 2.45) is 0 Å². The molecule has 0 aliphatic carbocycles. The van der Waals surface area contributed by atoms with E-state index in [-0.39, 0.29) is 23.7 Å². The standard InChI is InChI=1S/C21H17ClN4O3S/c22-15-9-5-4-6-12(15)11-30-21-25-18-17(20(29)26-21)14(10-16(27)24-18)19(28)23-13-7-2-1-3-8-13/h1-9,14H,10-11H2,(H,23,28)(H2,24,25,26,27,29)/t14-/m1/s1. The van der Waals surface area contributed by atoms with Crippen molar-refractivity contribution in [2.45, 2.75) is 23.2 Å². The quantitative estimate of drug-likeness (QED) is 0.413. The van der Waals surface area contributed by atoms with E-state index in [0.29, 0.717) is 21.6 Å². The average Bonchev–Trinajstić information content (AvgIpc) is 2.73. The van der Waals surface area contributed by atoms with Gasteiger partial charge in [0.1, 0.15) is 5.82 Å². The number of rotatable bonds is 5. The van der Waals surface area contributed by atoms with Crippen LogP contribution in [0.15, 0.2) is 64.5 Å². The zero-order valence-electron chi connectivity index (χ0n) is 15.6. The number of anilines is 2. The highest BCUT2D eigenvalue weighted by atomic mass is 35.5. The Kier molecular flexibility index (Phi) is 5.87. The lowest BCUT2D eigenvalue weighted by molar-refractivity contribution is -0.123. The predicted octanol–water partition coefficient (Wildman–Crippen LogP) is 3.78. The van der Waals surface area contributed by atoms with Crippen molar-refractivity contribution in [1.29, 1.82) is 0 Å². The fourth-order valence-corrected chi connectivity index (χ4v) is 4.30. The molecule has 1 aromatic heterocycles. The Morgan fingerprint density at radius 1 is 1.13 bits per heavy atom. The Labute approximate surface area is 181 Å². The number of benzene rings is 2. The minimum atomic E-state index is -0.923. The zero-order chi connectivity index (χ0) is 21.1. The molecule has 0 spiro atoms. The topological polar surface area (TPSA) is 104 Å². The van der Waals surface area contributed by atoms with E-state index in [1.54, 1.807) is 30.3 Å². The van der Waals surface area contributed by atoms with E-state index in [0.717, 1.165) is 5.56 Å².